The van der Waals surface area contributed by atoms with Crippen molar-refractivity contribution in [1.29, 1.82) is 0 Å². The number of likely N-dealkylation sites (tertiary alicyclic amines) is 1. The van der Waals surface area contributed by atoms with Gasteiger partial charge in [-0.05, 0) is 25.2 Å². The topological polar surface area (TPSA) is 90.7 Å². The first-order valence-corrected chi connectivity index (χ1v) is 11.4. The summed E-state index contributed by atoms with van der Waals surface area (Å²) >= 11 is 1.19. The van der Waals surface area contributed by atoms with Crippen molar-refractivity contribution >= 4 is 34.5 Å². The van der Waals surface area contributed by atoms with Gasteiger partial charge in [0.05, 0.1) is 35.9 Å². The predicted octanol–water partition coefficient (Wildman–Crippen LogP) is 3.02. The molecule has 0 bridgehead atoms. The molecule has 1 saturated heterocycles. The molecule has 0 aliphatic carbocycles. The first-order chi connectivity index (χ1) is 15.4. The minimum absolute atomic E-state index is 0.00561. The molecule has 172 valence electrons. The highest BCUT2D eigenvalue weighted by atomic mass is 32.2. The fourth-order valence-electron chi connectivity index (χ4n) is 3.90. The number of amides is 1. The summed E-state index contributed by atoms with van der Waals surface area (Å²) in [4.78, 5) is 44.2. The van der Waals surface area contributed by atoms with E-state index in [2.05, 4.69) is 11.6 Å². The molecule has 0 radical (unpaired) electrons. The Kier molecular flexibility index (Phi) is 8.03. The second-order valence-corrected chi connectivity index (χ2v) is 8.32. The normalized spacial score (nSPS) is 18.5. The molecule has 1 aromatic carbocycles. The summed E-state index contributed by atoms with van der Waals surface area (Å²) in [6.45, 7) is 3.85. The lowest BCUT2D eigenvalue weighted by molar-refractivity contribution is -0.122. The lowest BCUT2D eigenvalue weighted by Crippen LogP contribution is -2.53. The zero-order valence-corrected chi connectivity index (χ0v) is 18.9. The summed E-state index contributed by atoms with van der Waals surface area (Å²) in [6.07, 6.45) is 5.03. The summed E-state index contributed by atoms with van der Waals surface area (Å²) in [5.74, 6) is -0.701. The number of carbonyl (C=O) groups is 2. The molecule has 1 amide bonds. The summed E-state index contributed by atoms with van der Waals surface area (Å²) in [6, 6.07) is 2.16. The Bertz CT molecular complexity index is 1070. The van der Waals surface area contributed by atoms with Crippen molar-refractivity contribution in [2.75, 3.05) is 26.5 Å². The summed E-state index contributed by atoms with van der Waals surface area (Å²) in [5.41, 5.74) is -0.190. The minimum Gasteiger partial charge on any atom is -0.445 e. The van der Waals surface area contributed by atoms with Gasteiger partial charge in [0.25, 0.3) is 5.56 Å². The van der Waals surface area contributed by atoms with E-state index in [9.17, 15) is 18.8 Å². The maximum absolute atomic E-state index is 14.0. The van der Waals surface area contributed by atoms with Gasteiger partial charge in [-0.2, -0.15) is 0 Å². The molecule has 0 spiro atoms. The van der Waals surface area contributed by atoms with Crippen LogP contribution in [0.25, 0.3) is 10.9 Å². The molecule has 0 N–H and O–H groups in total. The molecule has 10 heteroatoms. The number of nitrogens with zero attached hydrogens (tertiary/aromatic N) is 3. The van der Waals surface area contributed by atoms with Crippen molar-refractivity contribution in [2.45, 2.75) is 42.8 Å². The fraction of sp³-hybridized carbons (Fsp3) is 0.455. The van der Waals surface area contributed by atoms with Crippen LogP contribution in [0.4, 0.5) is 9.18 Å². The number of halogens is 1. The molecule has 0 saturated carbocycles. The van der Waals surface area contributed by atoms with E-state index in [-0.39, 0.29) is 42.4 Å². The first kappa shape index (κ1) is 23.9. The average Bonchev–Trinajstić information content (AvgIpc) is 2.79. The zero-order chi connectivity index (χ0) is 23.3. The molecule has 32 heavy (non-hydrogen) atoms. The number of hydrogen-bond donors (Lipinski definition) is 0. The SMILES string of the molecule is C=CCOC(=O)N1CCC[C@H](OC)[C@H]1CC(=O)Cn1cnc2cc(F)c(SC)cc2c1=O. The third-order valence-electron chi connectivity index (χ3n) is 5.46. The summed E-state index contributed by atoms with van der Waals surface area (Å²) < 4.78 is 25.9. The number of ketones is 1. The van der Waals surface area contributed by atoms with Crippen LogP contribution in [0.1, 0.15) is 19.3 Å². The van der Waals surface area contributed by atoms with Gasteiger partial charge in [0.2, 0.25) is 0 Å². The number of methoxy groups -OCH3 is 1. The van der Waals surface area contributed by atoms with Crippen molar-refractivity contribution in [2.24, 2.45) is 0 Å². The molecule has 0 unspecified atom stereocenters. The van der Waals surface area contributed by atoms with Crippen LogP contribution in [-0.4, -0.2) is 65.0 Å². The molecular weight excluding hydrogens is 437 g/mol. The number of fused-ring (bicyclic) bond motifs is 1. The number of aromatic nitrogens is 2. The number of piperidine rings is 1. The van der Waals surface area contributed by atoms with Crippen molar-refractivity contribution in [3.05, 3.63) is 47.3 Å². The Hall–Kier alpha value is -2.72. The number of ether oxygens (including phenoxy) is 2. The number of Topliss-reactive ketones (excluding diaryl/α,β-unsaturated/α-hetero) is 1. The second kappa shape index (κ2) is 10.7. The van der Waals surface area contributed by atoms with E-state index >= 15 is 0 Å². The number of rotatable bonds is 8. The molecule has 8 nitrogen and oxygen atoms in total. The van der Waals surface area contributed by atoms with Crippen LogP contribution < -0.4 is 5.56 Å². The first-order valence-electron chi connectivity index (χ1n) is 10.2. The lowest BCUT2D eigenvalue weighted by Gasteiger charge is -2.39. The van der Waals surface area contributed by atoms with Crippen molar-refractivity contribution in [3.63, 3.8) is 0 Å². The molecular formula is C22H26FN3O5S. The molecule has 1 fully saturated rings. The van der Waals surface area contributed by atoms with E-state index in [0.717, 1.165) is 6.42 Å². The van der Waals surface area contributed by atoms with Crippen molar-refractivity contribution in [1.82, 2.24) is 14.5 Å². The Morgan fingerprint density at radius 3 is 2.88 bits per heavy atom. The second-order valence-electron chi connectivity index (χ2n) is 7.47. The van der Waals surface area contributed by atoms with Gasteiger partial charge < -0.3 is 14.4 Å². The van der Waals surface area contributed by atoms with Crippen LogP contribution in [0.15, 0.2) is 40.8 Å². The van der Waals surface area contributed by atoms with Crippen LogP contribution >= 0.6 is 11.8 Å². The minimum atomic E-state index is -0.527. The third kappa shape index (κ3) is 5.18. The molecule has 1 aromatic heterocycles. The number of thioether (sulfide) groups is 1. The van der Waals surface area contributed by atoms with E-state index in [1.807, 2.05) is 0 Å². The molecule has 2 atom stereocenters. The van der Waals surface area contributed by atoms with Crippen molar-refractivity contribution in [3.8, 4) is 0 Å². The predicted molar refractivity (Wildman–Crippen MR) is 119 cm³/mol. The Balaban J connectivity index is 1.80. The van der Waals surface area contributed by atoms with E-state index in [1.54, 1.807) is 13.4 Å². The Morgan fingerprint density at radius 2 is 2.19 bits per heavy atom. The zero-order valence-electron chi connectivity index (χ0n) is 18.1. The number of hydrogen-bond acceptors (Lipinski definition) is 7. The van der Waals surface area contributed by atoms with Gasteiger partial charge in [-0.3, -0.25) is 14.2 Å². The molecule has 3 rings (SSSR count). The standard InChI is InChI=1S/C22H26FN3O5S/c1-4-8-31-22(29)26-7-5-6-19(30-2)18(26)9-14(27)12-25-13-24-17-11-16(23)20(32-3)10-15(17)21(25)28/h4,10-11,13,18-19H,1,5-9,12H2,2-3H3/t18-,19+/m1/s1. The van der Waals surface area contributed by atoms with Crippen LogP contribution in [0.5, 0.6) is 0 Å². The molecule has 2 aromatic rings. The van der Waals surface area contributed by atoms with Crippen LogP contribution in [0.3, 0.4) is 0 Å². The van der Waals surface area contributed by atoms with E-state index in [4.69, 9.17) is 9.47 Å². The van der Waals surface area contributed by atoms with E-state index < -0.39 is 23.5 Å². The Morgan fingerprint density at radius 1 is 1.41 bits per heavy atom. The van der Waals surface area contributed by atoms with Crippen molar-refractivity contribution < 1.29 is 23.5 Å². The summed E-state index contributed by atoms with van der Waals surface area (Å²) in [7, 11) is 1.54. The monoisotopic (exact) mass is 463 g/mol. The fourth-order valence-corrected chi connectivity index (χ4v) is 4.38. The summed E-state index contributed by atoms with van der Waals surface area (Å²) in [5, 5.41) is 0.244. The lowest BCUT2D eigenvalue weighted by atomic mass is 9.94. The van der Waals surface area contributed by atoms with Crippen LogP contribution in [0.2, 0.25) is 0 Å². The Labute approximate surface area is 189 Å². The number of benzene rings is 1. The molecule has 1 aliphatic rings. The van der Waals surface area contributed by atoms with Gasteiger partial charge in [0, 0.05) is 31.0 Å². The molecule has 2 heterocycles. The van der Waals surface area contributed by atoms with Gasteiger partial charge in [-0.25, -0.2) is 14.2 Å². The molecule has 1 aliphatic heterocycles. The highest BCUT2D eigenvalue weighted by Crippen LogP contribution is 2.25. The smallest absolute Gasteiger partial charge is 0.410 e. The maximum Gasteiger partial charge on any atom is 0.410 e. The van der Waals surface area contributed by atoms with Gasteiger partial charge in [0.15, 0.2) is 5.78 Å². The van der Waals surface area contributed by atoms with E-state index in [1.165, 1.54) is 45.8 Å². The quantitative estimate of drug-likeness (QED) is 0.439. The largest absolute Gasteiger partial charge is 0.445 e. The van der Waals surface area contributed by atoms with Crippen LogP contribution in [0, 0.1) is 5.82 Å². The highest BCUT2D eigenvalue weighted by Gasteiger charge is 2.36. The highest BCUT2D eigenvalue weighted by molar-refractivity contribution is 7.98. The van der Waals surface area contributed by atoms with Gasteiger partial charge >= 0.3 is 6.09 Å². The van der Waals surface area contributed by atoms with Gasteiger partial charge in [-0.1, -0.05) is 12.7 Å². The third-order valence-corrected chi connectivity index (χ3v) is 6.21. The van der Waals surface area contributed by atoms with Gasteiger partial charge in [0.1, 0.15) is 12.4 Å². The van der Waals surface area contributed by atoms with Crippen LogP contribution in [-0.2, 0) is 20.8 Å². The average molecular weight is 464 g/mol. The maximum atomic E-state index is 14.0. The van der Waals surface area contributed by atoms with E-state index in [0.29, 0.717) is 17.9 Å². The van der Waals surface area contributed by atoms with Gasteiger partial charge in [-0.15, -0.1) is 11.8 Å². The number of carbonyl (C=O) groups excluding carboxylic acids is 2.